The Hall–Kier alpha value is -1.65. The summed E-state index contributed by atoms with van der Waals surface area (Å²) in [7, 11) is 0. The summed E-state index contributed by atoms with van der Waals surface area (Å²) in [5.74, 6) is 0. The molecule has 0 saturated heterocycles. The molecular weight excluding hydrogens is 225 g/mol. The van der Waals surface area contributed by atoms with Crippen molar-refractivity contribution in [3.63, 3.8) is 0 Å². The quantitative estimate of drug-likeness (QED) is 0.746. The lowest BCUT2D eigenvalue weighted by Crippen LogP contribution is -2.17. The Morgan fingerprint density at radius 2 is 2.00 bits per heavy atom. The SMILES string of the molecule is N#CC(O)C(O)c1ccnc(C(F)(F)F)c1. The summed E-state index contributed by atoms with van der Waals surface area (Å²) in [6.07, 6.45) is -7.24. The number of aliphatic hydroxyl groups is 2. The first-order chi connectivity index (χ1) is 7.36. The van der Waals surface area contributed by atoms with Gasteiger partial charge in [0.25, 0.3) is 0 Å². The molecule has 7 heteroatoms. The molecular formula is C9H7F3N2O2. The van der Waals surface area contributed by atoms with Gasteiger partial charge in [0.15, 0.2) is 6.10 Å². The van der Waals surface area contributed by atoms with Crippen LogP contribution in [-0.2, 0) is 6.18 Å². The summed E-state index contributed by atoms with van der Waals surface area (Å²) in [4.78, 5) is 3.08. The molecule has 0 aliphatic rings. The highest BCUT2D eigenvalue weighted by molar-refractivity contribution is 5.22. The number of aromatic nitrogens is 1. The average molecular weight is 232 g/mol. The monoisotopic (exact) mass is 232 g/mol. The third-order valence-corrected chi connectivity index (χ3v) is 1.85. The highest BCUT2D eigenvalue weighted by atomic mass is 19.4. The normalized spacial score (nSPS) is 15.2. The maximum atomic E-state index is 12.2. The van der Waals surface area contributed by atoms with Crippen LogP contribution in [0.3, 0.4) is 0 Å². The highest BCUT2D eigenvalue weighted by Crippen LogP contribution is 2.29. The Balaban J connectivity index is 3.05. The maximum absolute atomic E-state index is 12.2. The first-order valence-corrected chi connectivity index (χ1v) is 4.15. The first-order valence-electron chi connectivity index (χ1n) is 4.15. The maximum Gasteiger partial charge on any atom is 0.433 e. The van der Waals surface area contributed by atoms with E-state index >= 15 is 0 Å². The van der Waals surface area contributed by atoms with E-state index < -0.39 is 24.1 Å². The number of aliphatic hydroxyl groups excluding tert-OH is 2. The zero-order chi connectivity index (χ0) is 12.3. The van der Waals surface area contributed by atoms with Gasteiger partial charge in [0.05, 0.1) is 6.07 Å². The molecule has 0 radical (unpaired) electrons. The molecule has 0 amide bonds. The predicted octanol–water partition coefficient (Wildman–Crippen LogP) is 1.02. The van der Waals surface area contributed by atoms with Crippen LogP contribution >= 0.6 is 0 Å². The van der Waals surface area contributed by atoms with E-state index in [4.69, 9.17) is 10.4 Å². The van der Waals surface area contributed by atoms with Crippen molar-refractivity contribution in [1.82, 2.24) is 4.98 Å². The largest absolute Gasteiger partial charge is 0.433 e. The molecule has 2 N–H and O–H groups in total. The van der Waals surface area contributed by atoms with Crippen LogP contribution in [0.5, 0.6) is 0 Å². The third-order valence-electron chi connectivity index (χ3n) is 1.85. The van der Waals surface area contributed by atoms with Gasteiger partial charge >= 0.3 is 6.18 Å². The summed E-state index contributed by atoms with van der Waals surface area (Å²) in [6, 6.07) is 3.01. The number of alkyl halides is 3. The zero-order valence-electron chi connectivity index (χ0n) is 7.81. The third kappa shape index (κ3) is 2.68. The fraction of sp³-hybridized carbons (Fsp3) is 0.333. The van der Waals surface area contributed by atoms with Gasteiger partial charge in [-0.25, -0.2) is 0 Å². The molecule has 4 nitrogen and oxygen atoms in total. The number of pyridine rings is 1. The molecule has 86 valence electrons. The Labute approximate surface area is 88.6 Å². The van der Waals surface area contributed by atoms with Crippen molar-refractivity contribution in [1.29, 1.82) is 5.26 Å². The van der Waals surface area contributed by atoms with E-state index in [0.717, 1.165) is 12.3 Å². The van der Waals surface area contributed by atoms with Crippen molar-refractivity contribution in [3.8, 4) is 6.07 Å². The second-order valence-electron chi connectivity index (χ2n) is 2.99. The fourth-order valence-electron chi connectivity index (χ4n) is 1.04. The van der Waals surface area contributed by atoms with Crippen molar-refractivity contribution in [2.45, 2.75) is 18.4 Å². The summed E-state index contributed by atoms with van der Waals surface area (Å²) in [6.45, 7) is 0. The molecule has 0 aliphatic heterocycles. The molecule has 1 heterocycles. The van der Waals surface area contributed by atoms with E-state index in [1.54, 1.807) is 0 Å². The summed E-state index contributed by atoms with van der Waals surface area (Å²) >= 11 is 0. The smallest absolute Gasteiger partial charge is 0.385 e. The minimum absolute atomic E-state index is 0.212. The van der Waals surface area contributed by atoms with Crippen LogP contribution in [-0.4, -0.2) is 21.3 Å². The van der Waals surface area contributed by atoms with Crippen molar-refractivity contribution in [3.05, 3.63) is 29.6 Å². The summed E-state index contributed by atoms with van der Waals surface area (Å²) in [5, 5.41) is 26.6. The molecule has 0 saturated carbocycles. The van der Waals surface area contributed by atoms with Gasteiger partial charge in [-0.1, -0.05) is 0 Å². The number of nitriles is 1. The molecule has 0 spiro atoms. The summed E-state index contributed by atoms with van der Waals surface area (Å²) < 4.78 is 36.7. The first kappa shape index (κ1) is 12.4. The van der Waals surface area contributed by atoms with Gasteiger partial charge < -0.3 is 10.2 Å². The second kappa shape index (κ2) is 4.47. The lowest BCUT2D eigenvalue weighted by Gasteiger charge is -2.13. The Bertz CT molecular complexity index is 414. The lowest BCUT2D eigenvalue weighted by atomic mass is 10.1. The summed E-state index contributed by atoms with van der Waals surface area (Å²) in [5.41, 5.74) is -1.40. The van der Waals surface area contributed by atoms with E-state index in [9.17, 15) is 18.3 Å². The second-order valence-corrected chi connectivity index (χ2v) is 2.99. The molecule has 16 heavy (non-hydrogen) atoms. The number of nitrogens with zero attached hydrogens (tertiary/aromatic N) is 2. The minimum atomic E-state index is -4.63. The van der Waals surface area contributed by atoms with Gasteiger partial charge in [-0.05, 0) is 17.7 Å². The van der Waals surface area contributed by atoms with Gasteiger partial charge in [-0.3, -0.25) is 4.98 Å². The number of hydrogen-bond donors (Lipinski definition) is 2. The lowest BCUT2D eigenvalue weighted by molar-refractivity contribution is -0.141. The van der Waals surface area contributed by atoms with Gasteiger partial charge in [0.1, 0.15) is 11.8 Å². The van der Waals surface area contributed by atoms with Crippen LogP contribution in [0.25, 0.3) is 0 Å². The molecule has 1 aromatic heterocycles. The van der Waals surface area contributed by atoms with Crippen LogP contribution in [0.1, 0.15) is 17.4 Å². The fourth-order valence-corrected chi connectivity index (χ4v) is 1.04. The van der Waals surface area contributed by atoms with Crippen molar-refractivity contribution < 1.29 is 23.4 Å². The predicted molar refractivity (Wildman–Crippen MR) is 45.8 cm³/mol. The topological polar surface area (TPSA) is 77.1 Å². The van der Waals surface area contributed by atoms with Crippen LogP contribution < -0.4 is 0 Å². The minimum Gasteiger partial charge on any atom is -0.385 e. The van der Waals surface area contributed by atoms with Crippen molar-refractivity contribution >= 4 is 0 Å². The molecule has 1 rings (SSSR count). The number of halogens is 3. The van der Waals surface area contributed by atoms with E-state index in [2.05, 4.69) is 4.98 Å². The van der Waals surface area contributed by atoms with Crippen molar-refractivity contribution in [2.24, 2.45) is 0 Å². The van der Waals surface area contributed by atoms with E-state index in [1.165, 1.54) is 6.07 Å². The Morgan fingerprint density at radius 3 is 2.50 bits per heavy atom. The van der Waals surface area contributed by atoms with Crippen LogP contribution in [0, 0.1) is 11.3 Å². The standard InChI is InChI=1S/C9H7F3N2O2/c10-9(11,12)7-3-5(1-2-14-7)8(16)6(15)4-13/h1-3,6,8,15-16H. The molecule has 0 aliphatic carbocycles. The molecule has 0 bridgehead atoms. The van der Waals surface area contributed by atoms with Crippen LogP contribution in [0.4, 0.5) is 13.2 Å². The Kier molecular flexibility index (Phi) is 3.47. The van der Waals surface area contributed by atoms with Gasteiger partial charge in [0.2, 0.25) is 0 Å². The molecule has 0 aromatic carbocycles. The number of rotatable bonds is 2. The molecule has 1 aromatic rings. The average Bonchev–Trinajstić information content (AvgIpc) is 2.26. The van der Waals surface area contributed by atoms with E-state index in [-0.39, 0.29) is 5.56 Å². The van der Waals surface area contributed by atoms with Gasteiger partial charge in [0, 0.05) is 6.20 Å². The molecule has 2 unspecified atom stereocenters. The number of hydrogen-bond acceptors (Lipinski definition) is 4. The van der Waals surface area contributed by atoms with Crippen molar-refractivity contribution in [2.75, 3.05) is 0 Å². The van der Waals surface area contributed by atoms with E-state index in [1.807, 2.05) is 0 Å². The van der Waals surface area contributed by atoms with Gasteiger partial charge in [-0.15, -0.1) is 0 Å². The Morgan fingerprint density at radius 1 is 1.38 bits per heavy atom. The van der Waals surface area contributed by atoms with Crippen LogP contribution in [0.15, 0.2) is 18.3 Å². The van der Waals surface area contributed by atoms with Gasteiger partial charge in [-0.2, -0.15) is 18.4 Å². The van der Waals surface area contributed by atoms with Crippen LogP contribution in [0.2, 0.25) is 0 Å². The zero-order valence-corrected chi connectivity index (χ0v) is 7.81. The molecule has 0 fully saturated rings. The highest BCUT2D eigenvalue weighted by Gasteiger charge is 2.33. The van der Waals surface area contributed by atoms with E-state index in [0.29, 0.717) is 6.07 Å². The molecule has 2 atom stereocenters.